The number of amides is 1. The molecule has 0 aromatic heterocycles. The molecule has 0 heterocycles. The number of carbonyl (C=O) groups is 1. The van der Waals surface area contributed by atoms with Crippen molar-refractivity contribution in [2.75, 3.05) is 23.8 Å². The molecular formula is C21H28N2O2. The van der Waals surface area contributed by atoms with Gasteiger partial charge in [0.2, 0.25) is 5.91 Å². The molecule has 0 aliphatic rings. The van der Waals surface area contributed by atoms with Crippen molar-refractivity contribution in [3.8, 4) is 5.75 Å². The first-order chi connectivity index (χ1) is 12.3. The van der Waals surface area contributed by atoms with Gasteiger partial charge in [0.15, 0.2) is 0 Å². The van der Waals surface area contributed by atoms with Gasteiger partial charge in [0.1, 0.15) is 5.75 Å². The molecule has 0 aliphatic carbocycles. The van der Waals surface area contributed by atoms with Crippen molar-refractivity contribution in [1.82, 2.24) is 0 Å². The van der Waals surface area contributed by atoms with Crippen molar-refractivity contribution < 1.29 is 9.53 Å². The van der Waals surface area contributed by atoms with Gasteiger partial charge in [-0.05, 0) is 30.7 Å². The van der Waals surface area contributed by atoms with E-state index in [1.54, 1.807) is 0 Å². The number of ether oxygens (including phenoxy) is 1. The molecule has 0 fully saturated rings. The van der Waals surface area contributed by atoms with E-state index in [1.807, 2.05) is 54.6 Å². The Labute approximate surface area is 150 Å². The van der Waals surface area contributed by atoms with Crippen molar-refractivity contribution in [2.45, 2.75) is 39.0 Å². The van der Waals surface area contributed by atoms with E-state index < -0.39 is 0 Å². The Morgan fingerprint density at radius 3 is 2.48 bits per heavy atom. The highest BCUT2D eigenvalue weighted by Crippen LogP contribution is 2.18. The maximum Gasteiger partial charge on any atom is 0.243 e. The van der Waals surface area contributed by atoms with E-state index in [-0.39, 0.29) is 12.5 Å². The number of unbranched alkanes of at least 4 members (excludes halogenated alkanes) is 4. The van der Waals surface area contributed by atoms with Gasteiger partial charge >= 0.3 is 0 Å². The van der Waals surface area contributed by atoms with Gasteiger partial charge in [-0.1, -0.05) is 56.9 Å². The van der Waals surface area contributed by atoms with Gasteiger partial charge in [-0.2, -0.15) is 0 Å². The van der Waals surface area contributed by atoms with Gasteiger partial charge in [-0.15, -0.1) is 0 Å². The monoisotopic (exact) mass is 340 g/mol. The van der Waals surface area contributed by atoms with E-state index in [9.17, 15) is 4.79 Å². The van der Waals surface area contributed by atoms with Crippen molar-refractivity contribution in [2.24, 2.45) is 0 Å². The Bertz CT molecular complexity index is 629. The lowest BCUT2D eigenvalue weighted by Crippen LogP contribution is -2.21. The molecule has 2 rings (SSSR count). The Morgan fingerprint density at radius 1 is 0.920 bits per heavy atom. The van der Waals surface area contributed by atoms with Crippen LogP contribution in [0.25, 0.3) is 0 Å². The molecule has 2 N–H and O–H groups in total. The van der Waals surface area contributed by atoms with E-state index in [0.717, 1.165) is 30.2 Å². The SMILES string of the molecule is CCCCCCCOc1cccc(NC(=O)CNc2ccccc2)c1. The summed E-state index contributed by atoms with van der Waals surface area (Å²) in [6, 6.07) is 17.2. The number of anilines is 2. The first-order valence-corrected chi connectivity index (χ1v) is 9.09. The van der Waals surface area contributed by atoms with Gasteiger partial charge in [0.05, 0.1) is 13.2 Å². The predicted molar refractivity (Wildman–Crippen MR) is 104 cm³/mol. The minimum Gasteiger partial charge on any atom is -0.494 e. The van der Waals surface area contributed by atoms with Gasteiger partial charge < -0.3 is 15.4 Å². The van der Waals surface area contributed by atoms with E-state index in [1.165, 1.54) is 25.7 Å². The van der Waals surface area contributed by atoms with Crippen LogP contribution in [-0.2, 0) is 4.79 Å². The number of hydrogen-bond donors (Lipinski definition) is 2. The molecule has 2 aromatic carbocycles. The molecule has 0 bridgehead atoms. The first-order valence-electron chi connectivity index (χ1n) is 9.09. The largest absolute Gasteiger partial charge is 0.494 e. The second kappa shape index (κ2) is 11.1. The van der Waals surface area contributed by atoms with Crippen LogP contribution in [0.2, 0.25) is 0 Å². The summed E-state index contributed by atoms with van der Waals surface area (Å²) in [7, 11) is 0. The van der Waals surface area contributed by atoms with Crippen LogP contribution in [0.1, 0.15) is 39.0 Å². The molecular weight excluding hydrogens is 312 g/mol. The zero-order chi connectivity index (χ0) is 17.7. The van der Waals surface area contributed by atoms with Gasteiger partial charge in [-0.3, -0.25) is 4.79 Å². The van der Waals surface area contributed by atoms with Crippen LogP contribution in [0.4, 0.5) is 11.4 Å². The summed E-state index contributed by atoms with van der Waals surface area (Å²) in [5.41, 5.74) is 1.68. The van der Waals surface area contributed by atoms with Crippen molar-refractivity contribution in [1.29, 1.82) is 0 Å². The summed E-state index contributed by atoms with van der Waals surface area (Å²) < 4.78 is 5.77. The summed E-state index contributed by atoms with van der Waals surface area (Å²) in [5.74, 6) is 0.713. The average Bonchev–Trinajstić information content (AvgIpc) is 2.64. The lowest BCUT2D eigenvalue weighted by atomic mass is 10.2. The normalized spacial score (nSPS) is 10.3. The Balaban J connectivity index is 1.71. The number of para-hydroxylation sites is 1. The standard InChI is InChI=1S/C21H28N2O2/c1-2-3-4-5-9-15-25-20-14-10-13-19(16-20)23-21(24)17-22-18-11-7-6-8-12-18/h6-8,10-14,16,22H,2-5,9,15,17H2,1H3,(H,23,24). The van der Waals surface area contributed by atoms with Crippen LogP contribution >= 0.6 is 0 Å². The Kier molecular flexibility index (Phi) is 8.39. The van der Waals surface area contributed by atoms with Crippen molar-refractivity contribution >= 4 is 17.3 Å². The summed E-state index contributed by atoms with van der Waals surface area (Å²) in [6.45, 7) is 3.16. The lowest BCUT2D eigenvalue weighted by molar-refractivity contribution is -0.114. The number of rotatable bonds is 11. The minimum atomic E-state index is -0.0828. The molecule has 0 atom stereocenters. The highest BCUT2D eigenvalue weighted by molar-refractivity contribution is 5.93. The third-order valence-electron chi connectivity index (χ3n) is 3.86. The van der Waals surface area contributed by atoms with Gasteiger partial charge in [0, 0.05) is 17.4 Å². The molecule has 2 aromatic rings. The minimum absolute atomic E-state index is 0.0828. The average molecular weight is 340 g/mol. The van der Waals surface area contributed by atoms with Crippen LogP contribution in [0.5, 0.6) is 5.75 Å². The molecule has 1 amide bonds. The van der Waals surface area contributed by atoms with Crippen LogP contribution in [0.15, 0.2) is 54.6 Å². The van der Waals surface area contributed by atoms with Crippen LogP contribution in [0, 0.1) is 0 Å². The first kappa shape index (κ1) is 18.8. The topological polar surface area (TPSA) is 50.4 Å². The van der Waals surface area contributed by atoms with E-state index in [2.05, 4.69) is 17.6 Å². The molecule has 4 heteroatoms. The number of nitrogens with one attached hydrogen (secondary N) is 2. The second-order valence-electron chi connectivity index (χ2n) is 6.06. The fourth-order valence-electron chi connectivity index (χ4n) is 2.50. The molecule has 0 spiro atoms. The quantitative estimate of drug-likeness (QED) is 0.560. The summed E-state index contributed by atoms with van der Waals surface area (Å²) in [4.78, 5) is 12.0. The van der Waals surface area contributed by atoms with E-state index >= 15 is 0 Å². The number of benzene rings is 2. The van der Waals surface area contributed by atoms with Crippen LogP contribution in [-0.4, -0.2) is 19.1 Å². The number of hydrogen-bond acceptors (Lipinski definition) is 3. The molecule has 25 heavy (non-hydrogen) atoms. The second-order valence-corrected chi connectivity index (χ2v) is 6.06. The molecule has 0 saturated heterocycles. The fraction of sp³-hybridized carbons (Fsp3) is 0.381. The maximum atomic E-state index is 12.0. The Hall–Kier alpha value is -2.49. The summed E-state index contributed by atoms with van der Waals surface area (Å²) >= 11 is 0. The molecule has 134 valence electrons. The molecule has 0 radical (unpaired) electrons. The smallest absolute Gasteiger partial charge is 0.243 e. The molecule has 4 nitrogen and oxygen atoms in total. The third-order valence-corrected chi connectivity index (χ3v) is 3.86. The van der Waals surface area contributed by atoms with Gasteiger partial charge in [-0.25, -0.2) is 0 Å². The fourth-order valence-corrected chi connectivity index (χ4v) is 2.50. The molecule has 0 saturated carbocycles. The van der Waals surface area contributed by atoms with Gasteiger partial charge in [0.25, 0.3) is 0 Å². The van der Waals surface area contributed by atoms with Crippen LogP contribution in [0.3, 0.4) is 0 Å². The predicted octanol–water partition coefficient (Wildman–Crippen LogP) is 5.09. The highest BCUT2D eigenvalue weighted by Gasteiger charge is 2.03. The summed E-state index contributed by atoms with van der Waals surface area (Å²) in [5, 5.41) is 5.98. The third kappa shape index (κ3) is 7.75. The van der Waals surface area contributed by atoms with Crippen LogP contribution < -0.4 is 15.4 Å². The zero-order valence-corrected chi connectivity index (χ0v) is 15.0. The Morgan fingerprint density at radius 2 is 1.68 bits per heavy atom. The lowest BCUT2D eigenvalue weighted by Gasteiger charge is -2.10. The summed E-state index contributed by atoms with van der Waals surface area (Å²) in [6.07, 6.45) is 6.08. The zero-order valence-electron chi connectivity index (χ0n) is 15.0. The molecule has 0 aliphatic heterocycles. The van der Waals surface area contributed by atoms with E-state index in [4.69, 9.17) is 4.74 Å². The van der Waals surface area contributed by atoms with Crippen molar-refractivity contribution in [3.63, 3.8) is 0 Å². The maximum absolute atomic E-state index is 12.0. The van der Waals surface area contributed by atoms with Crippen molar-refractivity contribution in [3.05, 3.63) is 54.6 Å². The highest BCUT2D eigenvalue weighted by atomic mass is 16.5. The van der Waals surface area contributed by atoms with E-state index in [0.29, 0.717) is 0 Å². The number of carbonyl (C=O) groups excluding carboxylic acids is 1. The molecule has 0 unspecified atom stereocenters.